The highest BCUT2D eigenvalue weighted by Crippen LogP contribution is 2.15. The Morgan fingerprint density at radius 1 is 1.58 bits per heavy atom. The van der Waals surface area contributed by atoms with Crippen molar-refractivity contribution in [2.75, 3.05) is 5.88 Å². The first-order valence-electron chi connectivity index (χ1n) is 3.35. The van der Waals surface area contributed by atoms with E-state index in [-0.39, 0.29) is 11.8 Å². The van der Waals surface area contributed by atoms with Gasteiger partial charge in [-0.2, -0.15) is 5.26 Å². The third kappa shape index (κ3) is 2.10. The monoisotopic (exact) mass is 200 g/mol. The highest BCUT2D eigenvalue weighted by molar-refractivity contribution is 6.30. The average Bonchev–Trinajstić information content (AvgIpc) is 2.10. The minimum atomic E-state index is -0.344. The fourth-order valence-electron chi connectivity index (χ4n) is 0.773. The third-order valence-electron chi connectivity index (χ3n) is 1.42. The summed E-state index contributed by atoms with van der Waals surface area (Å²) in [6, 6.07) is 5.45. The van der Waals surface area contributed by atoms with E-state index in [1.54, 1.807) is 12.1 Å². The number of rotatable bonds is 2. The number of pyridine rings is 1. The Balaban J connectivity index is 2.89. The van der Waals surface area contributed by atoms with Crippen LogP contribution >= 0.6 is 23.2 Å². The lowest BCUT2D eigenvalue weighted by atomic mass is 10.1. The smallest absolute Gasteiger partial charge is 0.102 e. The topological polar surface area (TPSA) is 36.7 Å². The lowest BCUT2D eigenvalue weighted by Crippen LogP contribution is -1.99. The van der Waals surface area contributed by atoms with Crippen LogP contribution in [0.1, 0.15) is 11.6 Å². The van der Waals surface area contributed by atoms with Gasteiger partial charge in [0.1, 0.15) is 5.92 Å². The highest BCUT2D eigenvalue weighted by atomic mass is 35.5. The fourth-order valence-corrected chi connectivity index (χ4v) is 1.11. The molecule has 2 nitrogen and oxygen atoms in total. The highest BCUT2D eigenvalue weighted by Gasteiger charge is 2.09. The van der Waals surface area contributed by atoms with Gasteiger partial charge in [-0.05, 0) is 12.1 Å². The van der Waals surface area contributed by atoms with E-state index in [1.807, 2.05) is 6.07 Å². The van der Waals surface area contributed by atoms with Crippen LogP contribution in [0.3, 0.4) is 0 Å². The standard InChI is InChI=1S/C8H6Cl2N2/c9-3-6(4-11)8-2-1-7(10)5-12-8/h1-2,5-6H,3H2. The summed E-state index contributed by atoms with van der Waals surface area (Å²) in [5.41, 5.74) is 0.664. The van der Waals surface area contributed by atoms with Crippen molar-refractivity contribution in [2.45, 2.75) is 5.92 Å². The molecule has 0 fully saturated rings. The van der Waals surface area contributed by atoms with Crippen LogP contribution < -0.4 is 0 Å². The molecule has 0 amide bonds. The second-order valence-corrected chi connectivity index (χ2v) is 2.98. The lowest BCUT2D eigenvalue weighted by molar-refractivity contribution is 0.927. The number of hydrogen-bond donors (Lipinski definition) is 0. The van der Waals surface area contributed by atoms with Gasteiger partial charge >= 0.3 is 0 Å². The summed E-state index contributed by atoms with van der Waals surface area (Å²) in [4.78, 5) is 3.98. The zero-order chi connectivity index (χ0) is 8.97. The Bertz CT molecular complexity index is 289. The number of hydrogen-bond acceptors (Lipinski definition) is 2. The van der Waals surface area contributed by atoms with Crippen LogP contribution in [-0.4, -0.2) is 10.9 Å². The van der Waals surface area contributed by atoms with Crippen molar-refractivity contribution in [3.63, 3.8) is 0 Å². The number of aromatic nitrogens is 1. The summed E-state index contributed by atoms with van der Waals surface area (Å²) in [5, 5.41) is 9.20. The fraction of sp³-hybridized carbons (Fsp3) is 0.250. The van der Waals surface area contributed by atoms with Gasteiger partial charge in [-0.3, -0.25) is 4.98 Å². The van der Waals surface area contributed by atoms with Gasteiger partial charge < -0.3 is 0 Å². The van der Waals surface area contributed by atoms with E-state index in [2.05, 4.69) is 4.98 Å². The van der Waals surface area contributed by atoms with Gasteiger partial charge in [-0.25, -0.2) is 0 Å². The Labute approximate surface area is 80.7 Å². The normalized spacial score (nSPS) is 12.1. The van der Waals surface area contributed by atoms with Gasteiger partial charge in [0, 0.05) is 12.1 Å². The summed E-state index contributed by atoms with van der Waals surface area (Å²) < 4.78 is 0. The second kappa shape index (κ2) is 4.30. The minimum Gasteiger partial charge on any atom is -0.258 e. The van der Waals surface area contributed by atoms with E-state index in [0.717, 1.165) is 0 Å². The van der Waals surface area contributed by atoms with Crippen LogP contribution in [0.5, 0.6) is 0 Å². The average molecular weight is 201 g/mol. The van der Waals surface area contributed by atoms with Crippen molar-refractivity contribution in [1.82, 2.24) is 4.98 Å². The maximum Gasteiger partial charge on any atom is 0.102 e. The van der Waals surface area contributed by atoms with Crippen molar-refractivity contribution < 1.29 is 0 Å². The molecule has 1 aromatic heterocycles. The first-order valence-corrected chi connectivity index (χ1v) is 4.26. The molecule has 1 aromatic rings. The molecule has 62 valence electrons. The van der Waals surface area contributed by atoms with Gasteiger partial charge in [0.05, 0.1) is 16.8 Å². The maximum absolute atomic E-state index is 8.64. The predicted molar refractivity (Wildman–Crippen MR) is 48.3 cm³/mol. The molecule has 0 N–H and O–H groups in total. The van der Waals surface area contributed by atoms with Crippen molar-refractivity contribution in [2.24, 2.45) is 0 Å². The van der Waals surface area contributed by atoms with Crippen molar-refractivity contribution in [1.29, 1.82) is 5.26 Å². The van der Waals surface area contributed by atoms with E-state index in [0.29, 0.717) is 10.7 Å². The zero-order valence-corrected chi connectivity index (χ0v) is 7.68. The molecule has 0 bridgehead atoms. The van der Waals surface area contributed by atoms with Gasteiger partial charge in [0.25, 0.3) is 0 Å². The molecule has 0 radical (unpaired) electrons. The molecule has 12 heavy (non-hydrogen) atoms. The molecule has 0 saturated carbocycles. The van der Waals surface area contributed by atoms with Crippen molar-refractivity contribution in [3.8, 4) is 6.07 Å². The van der Waals surface area contributed by atoms with E-state index in [4.69, 9.17) is 28.5 Å². The lowest BCUT2D eigenvalue weighted by Gasteiger charge is -2.02. The molecule has 1 unspecified atom stereocenters. The summed E-state index contributed by atoms with van der Waals surface area (Å²) in [7, 11) is 0. The molecule has 0 aliphatic heterocycles. The van der Waals surface area contributed by atoms with E-state index < -0.39 is 0 Å². The summed E-state index contributed by atoms with van der Waals surface area (Å²) in [5.74, 6) is -0.0885. The van der Waals surface area contributed by atoms with Gasteiger partial charge in [0.2, 0.25) is 0 Å². The maximum atomic E-state index is 8.64. The van der Waals surface area contributed by atoms with E-state index in [1.165, 1.54) is 6.20 Å². The van der Waals surface area contributed by atoms with Gasteiger partial charge in [-0.1, -0.05) is 11.6 Å². The molecule has 0 aliphatic rings. The Hall–Kier alpha value is -0.780. The molecule has 0 aliphatic carbocycles. The number of alkyl halides is 1. The van der Waals surface area contributed by atoms with Crippen molar-refractivity contribution in [3.05, 3.63) is 29.0 Å². The largest absolute Gasteiger partial charge is 0.258 e. The summed E-state index contributed by atoms with van der Waals surface area (Å²) in [6.07, 6.45) is 1.51. The van der Waals surface area contributed by atoms with Crippen LogP contribution in [-0.2, 0) is 0 Å². The Morgan fingerprint density at radius 3 is 2.75 bits per heavy atom. The summed E-state index contributed by atoms with van der Waals surface area (Å²) >= 11 is 11.2. The Morgan fingerprint density at radius 2 is 2.33 bits per heavy atom. The molecule has 0 saturated heterocycles. The third-order valence-corrected chi connectivity index (χ3v) is 1.95. The molecule has 0 spiro atoms. The Kier molecular flexibility index (Phi) is 3.33. The van der Waals surface area contributed by atoms with Crippen LogP contribution in [0.4, 0.5) is 0 Å². The van der Waals surface area contributed by atoms with Gasteiger partial charge in [-0.15, -0.1) is 11.6 Å². The molecule has 0 aromatic carbocycles. The molecule has 4 heteroatoms. The van der Waals surface area contributed by atoms with Crippen molar-refractivity contribution >= 4 is 23.2 Å². The molecular formula is C8H6Cl2N2. The first kappa shape index (κ1) is 9.31. The van der Waals surface area contributed by atoms with Crippen LogP contribution in [0.25, 0.3) is 0 Å². The predicted octanol–water partition coefficient (Wildman–Crippen LogP) is 2.58. The van der Waals surface area contributed by atoms with Crippen LogP contribution in [0.15, 0.2) is 18.3 Å². The minimum absolute atomic E-state index is 0.255. The second-order valence-electron chi connectivity index (χ2n) is 2.24. The van der Waals surface area contributed by atoms with Crippen LogP contribution in [0.2, 0.25) is 5.02 Å². The SMILES string of the molecule is N#CC(CCl)c1ccc(Cl)cn1. The molecular weight excluding hydrogens is 195 g/mol. The quantitative estimate of drug-likeness (QED) is 0.689. The number of halogens is 2. The molecule has 1 rings (SSSR count). The van der Waals surface area contributed by atoms with E-state index >= 15 is 0 Å². The summed E-state index contributed by atoms with van der Waals surface area (Å²) in [6.45, 7) is 0. The van der Waals surface area contributed by atoms with Crippen LogP contribution in [0, 0.1) is 11.3 Å². The number of nitriles is 1. The molecule has 1 heterocycles. The van der Waals surface area contributed by atoms with E-state index in [9.17, 15) is 0 Å². The first-order chi connectivity index (χ1) is 5.77. The van der Waals surface area contributed by atoms with Gasteiger partial charge in [0.15, 0.2) is 0 Å². The zero-order valence-electron chi connectivity index (χ0n) is 6.17. The molecule has 1 atom stereocenters. The number of nitrogens with zero attached hydrogens (tertiary/aromatic N) is 2.